The Balaban J connectivity index is 2.84. The first-order valence-corrected chi connectivity index (χ1v) is 5.70. The molecule has 58 valence electrons. The van der Waals surface area contributed by atoms with Crippen molar-refractivity contribution in [1.29, 1.82) is 0 Å². The zero-order chi connectivity index (χ0) is 7.82. The number of carboxylic acid groups (broad SMARTS) is 1. The molecule has 1 N–H and O–H groups in total. The van der Waals surface area contributed by atoms with Crippen molar-refractivity contribution in [3.05, 3.63) is 0 Å². The van der Waals surface area contributed by atoms with Crippen LogP contribution in [0.5, 0.6) is 0 Å². The molecular formula is C7H15AlO2. The number of hydrogen-bond donors (Lipinski definition) is 1. The minimum atomic E-state index is -0.765. The lowest BCUT2D eigenvalue weighted by atomic mass is 10.2. The predicted molar refractivity (Wildman–Crippen MR) is 44.1 cm³/mol. The molecule has 0 saturated heterocycles. The highest BCUT2D eigenvalue weighted by atomic mass is 27.1. The minimum Gasteiger partial charge on any atom is -0.496 e. The lowest BCUT2D eigenvalue weighted by Gasteiger charge is -1.93. The summed E-state index contributed by atoms with van der Waals surface area (Å²) < 4.78 is 0. The van der Waals surface area contributed by atoms with E-state index in [1.807, 2.05) is 0 Å². The summed E-state index contributed by atoms with van der Waals surface area (Å²) in [6.07, 6.45) is 4.84. The lowest BCUT2D eigenvalue weighted by Crippen LogP contribution is -2.03. The molecule has 0 aromatic rings. The first-order chi connectivity index (χ1) is 4.77. The maximum Gasteiger partial charge on any atom is 0.411 e. The average Bonchev–Trinajstić information content (AvgIpc) is 1.87. The Kier molecular flexibility index (Phi) is 7.12. The zero-order valence-corrected chi connectivity index (χ0v) is 8.01. The molecule has 0 rings (SSSR count). The molecule has 0 aliphatic heterocycles. The van der Waals surface area contributed by atoms with E-state index in [4.69, 9.17) is 5.11 Å². The van der Waals surface area contributed by atoms with Gasteiger partial charge in [-0.3, -0.25) is 4.79 Å². The van der Waals surface area contributed by atoms with Gasteiger partial charge < -0.3 is 5.11 Å². The van der Waals surface area contributed by atoms with E-state index < -0.39 is 20.1 Å². The molecule has 0 unspecified atom stereocenters. The smallest absolute Gasteiger partial charge is 0.411 e. The van der Waals surface area contributed by atoms with Gasteiger partial charge in [0.25, 0.3) is 0 Å². The average molecular weight is 158 g/mol. The van der Waals surface area contributed by atoms with E-state index in [2.05, 4.69) is 6.92 Å². The standard InChI is InChI=1S/C6H13.CHO2.Al.H/c1-3-5-6-4-2;2-1-3;;/h1,3-6H2,2H3;(H,2,3);;. The monoisotopic (exact) mass is 158 g/mol. The summed E-state index contributed by atoms with van der Waals surface area (Å²) in [5.41, 5.74) is 0. The molecule has 0 bridgehead atoms. The fourth-order valence-electron chi connectivity index (χ4n) is 0.880. The normalized spacial score (nSPS) is 9.30. The van der Waals surface area contributed by atoms with Gasteiger partial charge >= 0.3 is 15.2 Å². The Morgan fingerprint density at radius 3 is 2.60 bits per heavy atom. The molecule has 0 fully saturated rings. The molecule has 0 saturated carbocycles. The van der Waals surface area contributed by atoms with Crippen LogP contribution in [-0.4, -0.2) is 25.2 Å². The van der Waals surface area contributed by atoms with Gasteiger partial charge in [-0.1, -0.05) is 37.9 Å². The van der Waals surface area contributed by atoms with E-state index >= 15 is 0 Å². The summed E-state index contributed by atoms with van der Waals surface area (Å²) in [5, 5.41) is 9.31. The van der Waals surface area contributed by atoms with E-state index in [1.54, 1.807) is 0 Å². The second-order valence-corrected chi connectivity index (χ2v) is 4.37. The third-order valence-electron chi connectivity index (χ3n) is 1.49. The Morgan fingerprint density at radius 1 is 1.40 bits per heavy atom. The van der Waals surface area contributed by atoms with Crippen molar-refractivity contribution < 1.29 is 9.90 Å². The van der Waals surface area contributed by atoms with Gasteiger partial charge in [-0.25, -0.2) is 0 Å². The van der Waals surface area contributed by atoms with E-state index in [0.29, 0.717) is 0 Å². The summed E-state index contributed by atoms with van der Waals surface area (Å²) >= 11 is -0.765. The van der Waals surface area contributed by atoms with E-state index in [0.717, 1.165) is 11.7 Å². The first kappa shape index (κ1) is 10.0. The summed E-state index contributed by atoms with van der Waals surface area (Å²) in [5.74, 6) is 0. The van der Waals surface area contributed by atoms with E-state index in [-0.39, 0.29) is 0 Å². The van der Waals surface area contributed by atoms with Crippen molar-refractivity contribution in [2.24, 2.45) is 0 Å². The third-order valence-corrected chi connectivity index (χ3v) is 2.78. The van der Waals surface area contributed by atoms with Gasteiger partial charge in [0.05, 0.1) is 0 Å². The number of unbranched alkanes of at least 4 members (excludes halogenated alkanes) is 3. The van der Waals surface area contributed by atoms with Crippen LogP contribution in [0.4, 0.5) is 4.79 Å². The van der Waals surface area contributed by atoms with E-state index in [1.165, 1.54) is 19.3 Å². The van der Waals surface area contributed by atoms with Crippen LogP contribution in [0.15, 0.2) is 0 Å². The highest BCUT2D eigenvalue weighted by molar-refractivity contribution is 6.71. The molecule has 3 heteroatoms. The van der Waals surface area contributed by atoms with Gasteiger partial charge in [-0.05, 0) is 0 Å². The topological polar surface area (TPSA) is 37.3 Å². The van der Waals surface area contributed by atoms with Crippen LogP contribution in [0.25, 0.3) is 0 Å². The van der Waals surface area contributed by atoms with Crippen molar-refractivity contribution in [2.45, 2.75) is 37.9 Å². The van der Waals surface area contributed by atoms with Crippen LogP contribution in [0, 0.1) is 0 Å². The molecule has 0 heterocycles. The van der Waals surface area contributed by atoms with Gasteiger partial charge in [0.1, 0.15) is 0 Å². The van der Waals surface area contributed by atoms with Crippen LogP contribution < -0.4 is 0 Å². The summed E-state index contributed by atoms with van der Waals surface area (Å²) in [4.78, 5) is 9.56. The quantitative estimate of drug-likeness (QED) is 0.474. The molecule has 0 aliphatic rings. The first-order valence-electron chi connectivity index (χ1n) is 3.99. The third kappa shape index (κ3) is 8.00. The predicted octanol–water partition coefficient (Wildman–Crippen LogP) is 2.10. The molecule has 2 nitrogen and oxygen atoms in total. The molecule has 10 heavy (non-hydrogen) atoms. The maximum atomic E-state index is 10.1. The Labute approximate surface area is 68.3 Å². The maximum absolute atomic E-state index is 10.1. The van der Waals surface area contributed by atoms with Crippen LogP contribution in [-0.2, 0) is 0 Å². The summed E-state index contributed by atoms with van der Waals surface area (Å²) in [6, 6.07) is 0. The van der Waals surface area contributed by atoms with Crippen molar-refractivity contribution in [1.82, 2.24) is 0 Å². The Bertz CT molecular complexity index is 93.6. The van der Waals surface area contributed by atoms with Crippen LogP contribution >= 0.6 is 0 Å². The number of rotatable bonds is 6. The molecule has 0 radical (unpaired) electrons. The fraction of sp³-hybridized carbons (Fsp3) is 0.857. The highest BCUT2D eigenvalue weighted by Gasteiger charge is 2.01. The SMILES string of the molecule is CCCCC[CH2][AlH][C](=O)O. The zero-order valence-electron chi connectivity index (χ0n) is 6.60. The van der Waals surface area contributed by atoms with Gasteiger partial charge in [-0.15, -0.1) is 0 Å². The van der Waals surface area contributed by atoms with Crippen LogP contribution in [0.3, 0.4) is 0 Å². The van der Waals surface area contributed by atoms with Gasteiger partial charge in [0.2, 0.25) is 0 Å². The summed E-state index contributed by atoms with van der Waals surface area (Å²) in [6.45, 7) is 2.16. The lowest BCUT2D eigenvalue weighted by molar-refractivity contribution is 0.219. The molecule has 0 spiro atoms. The van der Waals surface area contributed by atoms with Gasteiger partial charge in [0.15, 0.2) is 4.83 Å². The largest absolute Gasteiger partial charge is 0.496 e. The second-order valence-electron chi connectivity index (χ2n) is 2.56. The minimum absolute atomic E-state index is 0.531. The van der Waals surface area contributed by atoms with Crippen LogP contribution in [0.1, 0.15) is 32.6 Å². The fourth-order valence-corrected chi connectivity index (χ4v) is 1.79. The van der Waals surface area contributed by atoms with Crippen molar-refractivity contribution in [3.63, 3.8) is 0 Å². The van der Waals surface area contributed by atoms with Crippen molar-refractivity contribution in [2.75, 3.05) is 0 Å². The Morgan fingerprint density at radius 2 is 2.10 bits per heavy atom. The highest BCUT2D eigenvalue weighted by Crippen LogP contribution is 2.01. The molecule has 0 amide bonds. The Hall–Kier alpha value is 0.00247. The van der Waals surface area contributed by atoms with Gasteiger partial charge in [0, 0.05) is 0 Å². The number of hydrogen-bond acceptors (Lipinski definition) is 1. The molecule has 0 aliphatic carbocycles. The molecule has 0 aromatic carbocycles. The van der Waals surface area contributed by atoms with Crippen molar-refractivity contribution in [3.8, 4) is 0 Å². The molecular weight excluding hydrogens is 143 g/mol. The van der Waals surface area contributed by atoms with Crippen molar-refractivity contribution >= 4 is 20.1 Å². The van der Waals surface area contributed by atoms with Crippen LogP contribution in [0.2, 0.25) is 5.28 Å². The van der Waals surface area contributed by atoms with Gasteiger partial charge in [-0.2, -0.15) is 0 Å². The molecule has 0 atom stereocenters. The second kappa shape index (κ2) is 7.11. The van der Waals surface area contributed by atoms with E-state index in [9.17, 15) is 4.79 Å². The number of carbonyl (C=O) groups is 1. The summed E-state index contributed by atoms with van der Waals surface area (Å²) in [7, 11) is 0. The molecule has 0 aromatic heterocycles.